The molecule has 0 spiro atoms. The maximum absolute atomic E-state index is 6.11. The lowest BCUT2D eigenvalue weighted by molar-refractivity contribution is 0.154. The van der Waals surface area contributed by atoms with Gasteiger partial charge in [0, 0.05) is 30.9 Å². The molecular formula is C22H29ClN2O3. The van der Waals surface area contributed by atoms with Crippen LogP contribution in [0.4, 0.5) is 5.69 Å². The van der Waals surface area contributed by atoms with E-state index >= 15 is 0 Å². The highest BCUT2D eigenvalue weighted by Gasteiger charge is 2.24. The van der Waals surface area contributed by atoms with E-state index in [0.29, 0.717) is 16.8 Å². The van der Waals surface area contributed by atoms with Crippen LogP contribution in [-0.4, -0.2) is 45.9 Å². The molecule has 1 atom stereocenters. The molecule has 1 aliphatic rings. The second-order valence-corrected chi connectivity index (χ2v) is 7.35. The van der Waals surface area contributed by atoms with Gasteiger partial charge in [-0.2, -0.15) is 0 Å². The summed E-state index contributed by atoms with van der Waals surface area (Å²) in [6.07, 6.45) is 3.64. The minimum atomic E-state index is 0.398. The second kappa shape index (κ2) is 9.89. The van der Waals surface area contributed by atoms with Crippen molar-refractivity contribution in [3.63, 3.8) is 0 Å². The second-order valence-electron chi connectivity index (χ2n) is 6.94. The summed E-state index contributed by atoms with van der Waals surface area (Å²) in [7, 11) is 4.99. The van der Waals surface area contributed by atoms with Gasteiger partial charge in [0.25, 0.3) is 0 Å². The molecule has 1 heterocycles. The van der Waals surface area contributed by atoms with Gasteiger partial charge in [-0.3, -0.25) is 4.90 Å². The monoisotopic (exact) mass is 404 g/mol. The Morgan fingerprint density at radius 2 is 1.75 bits per heavy atom. The first kappa shape index (κ1) is 20.6. The molecule has 1 N–H and O–H groups in total. The van der Waals surface area contributed by atoms with Crippen molar-refractivity contribution in [3.05, 3.63) is 47.0 Å². The van der Waals surface area contributed by atoms with Crippen molar-refractivity contribution in [2.24, 2.45) is 0 Å². The van der Waals surface area contributed by atoms with Gasteiger partial charge < -0.3 is 19.5 Å². The number of methoxy groups -OCH3 is 3. The molecule has 1 aliphatic heterocycles. The van der Waals surface area contributed by atoms with Crippen LogP contribution in [-0.2, 0) is 0 Å². The molecule has 1 unspecified atom stereocenters. The molecule has 152 valence electrons. The van der Waals surface area contributed by atoms with Crippen molar-refractivity contribution in [2.45, 2.75) is 25.3 Å². The maximum Gasteiger partial charge on any atom is 0.161 e. The lowest BCUT2D eigenvalue weighted by Crippen LogP contribution is -2.36. The van der Waals surface area contributed by atoms with Crippen LogP contribution in [0.2, 0.25) is 5.02 Å². The highest BCUT2D eigenvalue weighted by atomic mass is 35.5. The molecule has 0 bridgehead atoms. The average Bonchev–Trinajstić information content (AvgIpc) is 2.74. The van der Waals surface area contributed by atoms with Crippen molar-refractivity contribution >= 4 is 17.3 Å². The quantitative estimate of drug-likeness (QED) is 0.670. The Balaban J connectivity index is 1.65. The van der Waals surface area contributed by atoms with Gasteiger partial charge >= 0.3 is 0 Å². The van der Waals surface area contributed by atoms with E-state index in [-0.39, 0.29) is 0 Å². The molecule has 1 fully saturated rings. The van der Waals surface area contributed by atoms with Gasteiger partial charge in [-0.1, -0.05) is 24.1 Å². The standard InChI is InChI=1S/C22H29ClN2O3/c1-26-20-10-7-16(14-22(20)28-3)19-6-4-5-12-25(19)13-11-24-17-8-9-18(23)21(15-17)27-2/h7-10,14-15,19,24H,4-6,11-13H2,1-3H3. The molecule has 0 radical (unpaired) electrons. The fourth-order valence-electron chi connectivity index (χ4n) is 3.81. The maximum atomic E-state index is 6.11. The summed E-state index contributed by atoms with van der Waals surface area (Å²) in [4.78, 5) is 2.55. The normalized spacial score (nSPS) is 17.2. The Hall–Kier alpha value is -2.11. The molecule has 0 saturated carbocycles. The third kappa shape index (κ3) is 4.83. The summed E-state index contributed by atoms with van der Waals surface area (Å²) in [5.74, 6) is 2.25. The number of hydrogen-bond donors (Lipinski definition) is 1. The van der Waals surface area contributed by atoms with Crippen LogP contribution in [0, 0.1) is 0 Å². The van der Waals surface area contributed by atoms with Crippen molar-refractivity contribution < 1.29 is 14.2 Å². The predicted octanol–water partition coefficient (Wildman–Crippen LogP) is 5.00. The summed E-state index contributed by atoms with van der Waals surface area (Å²) in [6.45, 7) is 2.92. The molecule has 1 saturated heterocycles. The number of nitrogens with zero attached hydrogens (tertiary/aromatic N) is 1. The Labute approximate surface area is 172 Å². The molecular weight excluding hydrogens is 376 g/mol. The first-order valence-electron chi connectivity index (χ1n) is 9.69. The van der Waals surface area contributed by atoms with E-state index in [1.165, 1.54) is 18.4 Å². The molecule has 0 amide bonds. The molecule has 2 aromatic rings. The van der Waals surface area contributed by atoms with Crippen LogP contribution in [0.15, 0.2) is 36.4 Å². The highest BCUT2D eigenvalue weighted by Crippen LogP contribution is 2.36. The van der Waals surface area contributed by atoms with E-state index in [9.17, 15) is 0 Å². The van der Waals surface area contributed by atoms with Crippen LogP contribution in [0.5, 0.6) is 17.2 Å². The lowest BCUT2D eigenvalue weighted by atomic mass is 9.95. The van der Waals surface area contributed by atoms with E-state index in [1.54, 1.807) is 21.3 Å². The van der Waals surface area contributed by atoms with Crippen molar-refractivity contribution in [2.75, 3.05) is 46.3 Å². The summed E-state index contributed by atoms with van der Waals surface area (Å²) >= 11 is 6.11. The predicted molar refractivity (Wildman–Crippen MR) is 114 cm³/mol. The molecule has 28 heavy (non-hydrogen) atoms. The molecule has 2 aromatic carbocycles. The Kier molecular flexibility index (Phi) is 7.29. The van der Waals surface area contributed by atoms with Gasteiger partial charge in [0.15, 0.2) is 11.5 Å². The Bertz CT molecular complexity index is 784. The smallest absolute Gasteiger partial charge is 0.161 e. The third-order valence-electron chi connectivity index (χ3n) is 5.29. The van der Waals surface area contributed by atoms with Gasteiger partial charge in [-0.15, -0.1) is 0 Å². The van der Waals surface area contributed by atoms with Crippen LogP contribution in [0.3, 0.4) is 0 Å². The lowest BCUT2D eigenvalue weighted by Gasteiger charge is -2.36. The van der Waals surface area contributed by atoms with Crippen LogP contribution in [0.25, 0.3) is 0 Å². The third-order valence-corrected chi connectivity index (χ3v) is 5.60. The number of halogens is 1. The summed E-state index contributed by atoms with van der Waals surface area (Å²) in [6, 6.07) is 12.4. The molecule has 5 nitrogen and oxygen atoms in total. The number of piperidine rings is 1. The number of ether oxygens (including phenoxy) is 3. The van der Waals surface area contributed by atoms with E-state index in [0.717, 1.165) is 43.2 Å². The van der Waals surface area contributed by atoms with Gasteiger partial charge in [-0.25, -0.2) is 0 Å². The number of hydrogen-bond acceptors (Lipinski definition) is 5. The van der Waals surface area contributed by atoms with Gasteiger partial charge in [0.1, 0.15) is 5.75 Å². The topological polar surface area (TPSA) is 43.0 Å². The van der Waals surface area contributed by atoms with Crippen molar-refractivity contribution in [1.29, 1.82) is 0 Å². The zero-order valence-electron chi connectivity index (χ0n) is 16.8. The van der Waals surface area contributed by atoms with Gasteiger partial charge in [-0.05, 0) is 49.2 Å². The zero-order chi connectivity index (χ0) is 19.9. The number of anilines is 1. The minimum absolute atomic E-state index is 0.398. The summed E-state index contributed by atoms with van der Waals surface area (Å²) < 4.78 is 16.2. The Morgan fingerprint density at radius 1 is 0.964 bits per heavy atom. The molecule has 3 rings (SSSR count). The molecule has 6 heteroatoms. The zero-order valence-corrected chi connectivity index (χ0v) is 17.6. The fraction of sp³-hybridized carbons (Fsp3) is 0.455. The summed E-state index contributed by atoms with van der Waals surface area (Å²) in [5.41, 5.74) is 2.30. The van der Waals surface area contributed by atoms with Crippen molar-refractivity contribution in [3.8, 4) is 17.2 Å². The van der Waals surface area contributed by atoms with E-state index in [2.05, 4.69) is 22.3 Å². The van der Waals surface area contributed by atoms with Gasteiger partial charge in [0.05, 0.1) is 26.4 Å². The Morgan fingerprint density at radius 3 is 2.50 bits per heavy atom. The number of rotatable bonds is 8. The SMILES string of the molecule is COc1cc(NCCN2CCCCC2c2ccc(OC)c(OC)c2)ccc1Cl. The minimum Gasteiger partial charge on any atom is -0.495 e. The highest BCUT2D eigenvalue weighted by molar-refractivity contribution is 6.32. The van der Waals surface area contributed by atoms with E-state index in [1.807, 2.05) is 24.3 Å². The van der Waals surface area contributed by atoms with Gasteiger partial charge in [0.2, 0.25) is 0 Å². The molecule has 0 aliphatic carbocycles. The van der Waals surface area contributed by atoms with E-state index in [4.69, 9.17) is 25.8 Å². The van der Waals surface area contributed by atoms with Crippen LogP contribution < -0.4 is 19.5 Å². The summed E-state index contributed by atoms with van der Waals surface area (Å²) in [5, 5.41) is 4.10. The molecule has 0 aromatic heterocycles. The number of benzene rings is 2. The fourth-order valence-corrected chi connectivity index (χ4v) is 4.00. The average molecular weight is 405 g/mol. The van der Waals surface area contributed by atoms with E-state index < -0.39 is 0 Å². The van der Waals surface area contributed by atoms with Crippen LogP contribution in [0.1, 0.15) is 30.9 Å². The first-order valence-corrected chi connectivity index (χ1v) is 10.1. The number of nitrogens with one attached hydrogen (secondary N) is 1. The largest absolute Gasteiger partial charge is 0.495 e. The first-order chi connectivity index (χ1) is 13.7. The number of likely N-dealkylation sites (tertiary alicyclic amines) is 1. The van der Waals surface area contributed by atoms with Crippen LogP contribution >= 0.6 is 11.6 Å². The van der Waals surface area contributed by atoms with Crippen molar-refractivity contribution in [1.82, 2.24) is 4.90 Å².